The second-order valence-corrected chi connectivity index (χ2v) is 4.68. The van der Waals surface area contributed by atoms with Crippen LogP contribution in [0.3, 0.4) is 0 Å². The first-order valence-corrected chi connectivity index (χ1v) is 6.52. The Morgan fingerprint density at radius 1 is 1.35 bits per heavy atom. The van der Waals surface area contributed by atoms with Crippen molar-refractivity contribution in [2.75, 3.05) is 13.7 Å². The molecule has 1 aromatic heterocycles. The van der Waals surface area contributed by atoms with E-state index >= 15 is 0 Å². The number of hydrogen-bond donors (Lipinski definition) is 1. The number of nitrogens with one attached hydrogen (secondary N) is 1. The Labute approximate surface area is 126 Å². The molecule has 0 saturated heterocycles. The molecule has 0 saturated carbocycles. The van der Waals surface area contributed by atoms with E-state index in [9.17, 15) is 0 Å². The minimum atomic E-state index is 0. The molecular formula is C15H22ClN3O. The zero-order valence-corrected chi connectivity index (χ0v) is 13.0. The summed E-state index contributed by atoms with van der Waals surface area (Å²) in [6, 6.07) is 8.20. The minimum Gasteiger partial charge on any atom is -0.497 e. The van der Waals surface area contributed by atoms with Gasteiger partial charge < -0.3 is 10.1 Å². The van der Waals surface area contributed by atoms with Crippen molar-refractivity contribution < 1.29 is 4.74 Å². The molecule has 4 nitrogen and oxygen atoms in total. The minimum absolute atomic E-state index is 0. The number of benzene rings is 1. The molecule has 0 aliphatic heterocycles. The van der Waals surface area contributed by atoms with Crippen molar-refractivity contribution in [3.8, 4) is 5.75 Å². The van der Waals surface area contributed by atoms with E-state index < -0.39 is 0 Å². The fourth-order valence-electron chi connectivity index (χ4n) is 2.09. The Morgan fingerprint density at radius 2 is 2.15 bits per heavy atom. The van der Waals surface area contributed by atoms with Gasteiger partial charge in [-0.25, -0.2) is 0 Å². The van der Waals surface area contributed by atoms with E-state index in [2.05, 4.69) is 29.5 Å². The predicted octanol–water partition coefficient (Wildman–Crippen LogP) is 2.49. The van der Waals surface area contributed by atoms with Crippen LogP contribution in [0.1, 0.15) is 16.8 Å². The molecule has 2 aromatic rings. The quantitative estimate of drug-likeness (QED) is 0.832. The van der Waals surface area contributed by atoms with Gasteiger partial charge in [-0.1, -0.05) is 12.1 Å². The van der Waals surface area contributed by atoms with Crippen molar-refractivity contribution in [2.45, 2.75) is 19.9 Å². The van der Waals surface area contributed by atoms with Crippen molar-refractivity contribution in [2.24, 2.45) is 7.05 Å². The van der Waals surface area contributed by atoms with Crippen LogP contribution in [-0.4, -0.2) is 23.4 Å². The summed E-state index contributed by atoms with van der Waals surface area (Å²) in [7, 11) is 3.68. The van der Waals surface area contributed by atoms with Gasteiger partial charge >= 0.3 is 0 Å². The molecule has 0 spiro atoms. The third-order valence-electron chi connectivity index (χ3n) is 3.29. The Morgan fingerprint density at radius 3 is 2.80 bits per heavy atom. The number of ether oxygens (including phenoxy) is 1. The van der Waals surface area contributed by atoms with E-state index in [4.69, 9.17) is 4.74 Å². The summed E-state index contributed by atoms with van der Waals surface area (Å²) in [4.78, 5) is 0. The van der Waals surface area contributed by atoms with Gasteiger partial charge in [-0.3, -0.25) is 4.68 Å². The van der Waals surface area contributed by atoms with Crippen LogP contribution in [0.25, 0.3) is 0 Å². The smallest absolute Gasteiger partial charge is 0.119 e. The van der Waals surface area contributed by atoms with Gasteiger partial charge in [0.1, 0.15) is 5.75 Å². The first-order valence-electron chi connectivity index (χ1n) is 6.52. The molecule has 0 amide bonds. The molecule has 0 radical (unpaired) electrons. The third kappa shape index (κ3) is 4.25. The maximum absolute atomic E-state index is 5.22. The van der Waals surface area contributed by atoms with E-state index in [0.29, 0.717) is 0 Å². The van der Waals surface area contributed by atoms with Crippen molar-refractivity contribution in [3.05, 3.63) is 47.3 Å². The lowest BCUT2D eigenvalue weighted by atomic mass is 10.1. The SMILES string of the molecule is COc1cccc(CCNCc2c(C)cnn2C)c1.Cl. The van der Waals surface area contributed by atoms with Crippen LogP contribution in [0.15, 0.2) is 30.5 Å². The van der Waals surface area contributed by atoms with Gasteiger partial charge in [0.05, 0.1) is 19.0 Å². The Kier molecular flexibility index (Phi) is 6.55. The molecule has 0 unspecified atom stereocenters. The van der Waals surface area contributed by atoms with E-state index in [1.165, 1.54) is 16.8 Å². The number of aryl methyl sites for hydroxylation is 2. The fourth-order valence-corrected chi connectivity index (χ4v) is 2.09. The highest BCUT2D eigenvalue weighted by atomic mass is 35.5. The predicted molar refractivity (Wildman–Crippen MR) is 83.6 cm³/mol. The van der Waals surface area contributed by atoms with Crippen molar-refractivity contribution in [3.63, 3.8) is 0 Å². The van der Waals surface area contributed by atoms with Crippen LogP contribution in [0.5, 0.6) is 5.75 Å². The maximum Gasteiger partial charge on any atom is 0.119 e. The van der Waals surface area contributed by atoms with Gasteiger partial charge in [-0.05, 0) is 43.1 Å². The third-order valence-corrected chi connectivity index (χ3v) is 3.29. The van der Waals surface area contributed by atoms with Crippen molar-refractivity contribution in [1.29, 1.82) is 0 Å². The summed E-state index contributed by atoms with van der Waals surface area (Å²) >= 11 is 0. The molecule has 0 aliphatic rings. The molecular weight excluding hydrogens is 274 g/mol. The summed E-state index contributed by atoms with van der Waals surface area (Å²) in [5.74, 6) is 0.917. The first kappa shape index (κ1) is 16.5. The topological polar surface area (TPSA) is 39.1 Å². The first-order chi connectivity index (χ1) is 9.20. The molecule has 1 heterocycles. The Hall–Kier alpha value is -1.52. The molecule has 20 heavy (non-hydrogen) atoms. The zero-order valence-electron chi connectivity index (χ0n) is 12.2. The molecule has 5 heteroatoms. The largest absolute Gasteiger partial charge is 0.497 e. The number of halogens is 1. The average molecular weight is 296 g/mol. The van der Waals surface area contributed by atoms with Gasteiger partial charge in [-0.15, -0.1) is 12.4 Å². The molecule has 2 rings (SSSR count). The van der Waals surface area contributed by atoms with Gasteiger partial charge in [0, 0.05) is 13.6 Å². The van der Waals surface area contributed by atoms with E-state index in [-0.39, 0.29) is 12.4 Å². The lowest BCUT2D eigenvalue weighted by Gasteiger charge is -2.07. The van der Waals surface area contributed by atoms with Crippen LogP contribution in [0, 0.1) is 6.92 Å². The molecule has 0 aliphatic carbocycles. The lowest BCUT2D eigenvalue weighted by Crippen LogP contribution is -2.19. The second kappa shape index (κ2) is 7.92. The van der Waals surface area contributed by atoms with Crippen LogP contribution in [-0.2, 0) is 20.0 Å². The zero-order chi connectivity index (χ0) is 13.7. The van der Waals surface area contributed by atoms with Gasteiger partial charge in [-0.2, -0.15) is 5.10 Å². The summed E-state index contributed by atoms with van der Waals surface area (Å²) in [5, 5.41) is 7.69. The van der Waals surface area contributed by atoms with E-state index in [1.807, 2.05) is 30.1 Å². The van der Waals surface area contributed by atoms with Gasteiger partial charge in [0.15, 0.2) is 0 Å². The molecule has 110 valence electrons. The molecule has 0 fully saturated rings. The van der Waals surface area contributed by atoms with Gasteiger partial charge in [0.2, 0.25) is 0 Å². The molecule has 0 bridgehead atoms. The lowest BCUT2D eigenvalue weighted by molar-refractivity contribution is 0.414. The highest BCUT2D eigenvalue weighted by molar-refractivity contribution is 5.85. The highest BCUT2D eigenvalue weighted by Crippen LogP contribution is 2.12. The van der Waals surface area contributed by atoms with E-state index in [0.717, 1.165) is 25.3 Å². The second-order valence-electron chi connectivity index (χ2n) is 4.68. The van der Waals surface area contributed by atoms with Crippen LogP contribution >= 0.6 is 12.4 Å². The van der Waals surface area contributed by atoms with E-state index in [1.54, 1.807) is 7.11 Å². The number of rotatable bonds is 6. The van der Waals surface area contributed by atoms with Crippen LogP contribution in [0.4, 0.5) is 0 Å². The number of aromatic nitrogens is 2. The van der Waals surface area contributed by atoms with Crippen molar-refractivity contribution in [1.82, 2.24) is 15.1 Å². The highest BCUT2D eigenvalue weighted by Gasteiger charge is 2.03. The summed E-state index contributed by atoms with van der Waals surface area (Å²) in [6.45, 7) is 3.89. The van der Waals surface area contributed by atoms with Crippen molar-refractivity contribution >= 4 is 12.4 Å². The fraction of sp³-hybridized carbons (Fsp3) is 0.400. The van der Waals surface area contributed by atoms with Crippen LogP contribution in [0.2, 0.25) is 0 Å². The van der Waals surface area contributed by atoms with Gasteiger partial charge in [0.25, 0.3) is 0 Å². The summed E-state index contributed by atoms with van der Waals surface area (Å²) in [6.07, 6.45) is 2.90. The number of hydrogen-bond acceptors (Lipinski definition) is 3. The molecule has 0 atom stereocenters. The maximum atomic E-state index is 5.22. The summed E-state index contributed by atoms with van der Waals surface area (Å²) < 4.78 is 7.14. The Bertz CT molecular complexity index is 520. The number of nitrogens with zero attached hydrogens (tertiary/aromatic N) is 2. The standard InChI is InChI=1S/C15H21N3O.ClH/c1-12-10-17-18(2)15(12)11-16-8-7-13-5-4-6-14(9-13)19-3;/h4-6,9-10,16H,7-8,11H2,1-3H3;1H. The Balaban J connectivity index is 0.00000200. The monoisotopic (exact) mass is 295 g/mol. The number of methoxy groups -OCH3 is 1. The molecule has 1 aromatic carbocycles. The van der Waals surface area contributed by atoms with Crippen LogP contribution < -0.4 is 10.1 Å². The summed E-state index contributed by atoms with van der Waals surface area (Å²) in [5.41, 5.74) is 3.76. The average Bonchev–Trinajstić information content (AvgIpc) is 2.75. The molecule has 1 N–H and O–H groups in total. The normalized spacial score (nSPS) is 10.2.